The summed E-state index contributed by atoms with van der Waals surface area (Å²) in [4.78, 5) is 23.1. The molecule has 6 heteroatoms. The average Bonchev–Trinajstić information content (AvgIpc) is 3.42. The quantitative estimate of drug-likeness (QED) is 0.760. The van der Waals surface area contributed by atoms with Gasteiger partial charge in [-0.05, 0) is 36.8 Å². The summed E-state index contributed by atoms with van der Waals surface area (Å²) in [7, 11) is 0. The fourth-order valence-corrected chi connectivity index (χ4v) is 2.61. The molecule has 0 radical (unpaired) electrons. The standard InChI is InChI=1S/C20H21NO5/c1-14(15-7-9-16(10-8-15)25-13-18(22)23)21-19(24)20(11-12-20)26-17-5-3-2-4-6-17/h2-10,14H,11-13H2,1H3,(H,21,24)(H,22,23). The number of amides is 1. The molecule has 0 spiro atoms. The van der Waals surface area contributed by atoms with Crippen LogP contribution in [0.15, 0.2) is 54.6 Å². The Hall–Kier alpha value is -3.02. The lowest BCUT2D eigenvalue weighted by molar-refractivity contribution is -0.139. The van der Waals surface area contributed by atoms with E-state index in [1.54, 1.807) is 24.3 Å². The Morgan fingerprint density at radius 1 is 1.08 bits per heavy atom. The van der Waals surface area contributed by atoms with Crippen molar-refractivity contribution in [2.75, 3.05) is 6.61 Å². The highest BCUT2D eigenvalue weighted by atomic mass is 16.5. The highest BCUT2D eigenvalue weighted by Crippen LogP contribution is 2.41. The Morgan fingerprint density at radius 3 is 2.31 bits per heavy atom. The second-order valence-electron chi connectivity index (χ2n) is 6.36. The van der Waals surface area contributed by atoms with Crippen LogP contribution in [0.5, 0.6) is 11.5 Å². The minimum atomic E-state index is -1.03. The summed E-state index contributed by atoms with van der Waals surface area (Å²) in [6.07, 6.45) is 1.39. The molecule has 0 heterocycles. The van der Waals surface area contributed by atoms with Crippen LogP contribution in [-0.2, 0) is 9.59 Å². The first-order chi connectivity index (χ1) is 12.5. The van der Waals surface area contributed by atoms with Crippen molar-refractivity contribution in [2.45, 2.75) is 31.4 Å². The Balaban J connectivity index is 1.58. The number of carbonyl (C=O) groups is 2. The van der Waals surface area contributed by atoms with Crippen LogP contribution < -0.4 is 14.8 Å². The molecule has 0 bridgehead atoms. The van der Waals surface area contributed by atoms with Crippen LogP contribution in [0.2, 0.25) is 0 Å². The van der Waals surface area contributed by atoms with Crippen molar-refractivity contribution in [2.24, 2.45) is 0 Å². The van der Waals surface area contributed by atoms with Crippen LogP contribution in [-0.4, -0.2) is 29.2 Å². The fraction of sp³-hybridized carbons (Fsp3) is 0.300. The molecule has 6 nitrogen and oxygen atoms in total. The summed E-state index contributed by atoms with van der Waals surface area (Å²) in [5, 5.41) is 11.6. The summed E-state index contributed by atoms with van der Waals surface area (Å²) in [5.41, 5.74) is 0.122. The van der Waals surface area contributed by atoms with Gasteiger partial charge in [-0.3, -0.25) is 4.79 Å². The molecule has 1 atom stereocenters. The van der Waals surface area contributed by atoms with Gasteiger partial charge in [0.05, 0.1) is 6.04 Å². The number of hydrogen-bond donors (Lipinski definition) is 2. The van der Waals surface area contributed by atoms with Gasteiger partial charge >= 0.3 is 5.97 Å². The Morgan fingerprint density at radius 2 is 1.73 bits per heavy atom. The van der Waals surface area contributed by atoms with E-state index in [1.807, 2.05) is 37.3 Å². The zero-order valence-electron chi connectivity index (χ0n) is 14.5. The van der Waals surface area contributed by atoms with E-state index in [0.717, 1.165) is 5.56 Å². The second kappa shape index (κ2) is 7.47. The molecule has 0 saturated heterocycles. The smallest absolute Gasteiger partial charge is 0.341 e. The molecule has 3 rings (SSSR count). The lowest BCUT2D eigenvalue weighted by atomic mass is 10.1. The number of hydrogen-bond acceptors (Lipinski definition) is 4. The molecule has 1 aliphatic carbocycles. The van der Waals surface area contributed by atoms with E-state index in [2.05, 4.69) is 5.32 Å². The van der Waals surface area contributed by atoms with Crippen molar-refractivity contribution in [1.29, 1.82) is 0 Å². The van der Waals surface area contributed by atoms with Crippen LogP contribution >= 0.6 is 0 Å². The van der Waals surface area contributed by atoms with Gasteiger partial charge in [0, 0.05) is 12.8 Å². The molecule has 1 fully saturated rings. The molecular weight excluding hydrogens is 334 g/mol. The van der Waals surface area contributed by atoms with Gasteiger partial charge in [-0.15, -0.1) is 0 Å². The van der Waals surface area contributed by atoms with Gasteiger partial charge in [0.15, 0.2) is 12.2 Å². The molecule has 1 aliphatic rings. The van der Waals surface area contributed by atoms with Crippen molar-refractivity contribution >= 4 is 11.9 Å². The van der Waals surface area contributed by atoms with Gasteiger partial charge in [0.25, 0.3) is 5.91 Å². The van der Waals surface area contributed by atoms with E-state index in [-0.39, 0.29) is 18.6 Å². The van der Waals surface area contributed by atoms with E-state index in [9.17, 15) is 9.59 Å². The number of nitrogens with one attached hydrogen (secondary N) is 1. The van der Waals surface area contributed by atoms with Gasteiger partial charge in [-0.2, -0.15) is 0 Å². The van der Waals surface area contributed by atoms with Crippen LogP contribution in [0, 0.1) is 0 Å². The largest absolute Gasteiger partial charge is 0.482 e. The maximum absolute atomic E-state index is 12.6. The second-order valence-corrected chi connectivity index (χ2v) is 6.36. The lowest BCUT2D eigenvalue weighted by Gasteiger charge is -2.21. The summed E-state index contributed by atoms with van der Waals surface area (Å²) >= 11 is 0. The maximum atomic E-state index is 12.6. The summed E-state index contributed by atoms with van der Waals surface area (Å²) in [6.45, 7) is 1.51. The first-order valence-electron chi connectivity index (χ1n) is 8.48. The number of carboxylic acid groups (broad SMARTS) is 1. The zero-order chi connectivity index (χ0) is 18.6. The Bertz CT molecular complexity index is 769. The molecule has 1 saturated carbocycles. The molecule has 1 amide bonds. The third-order valence-electron chi connectivity index (χ3n) is 4.26. The Kier molecular flexibility index (Phi) is 5.11. The zero-order valence-corrected chi connectivity index (χ0v) is 14.5. The number of ether oxygens (including phenoxy) is 2. The third kappa shape index (κ3) is 4.33. The number of para-hydroxylation sites is 1. The first-order valence-corrected chi connectivity index (χ1v) is 8.48. The minimum Gasteiger partial charge on any atom is -0.482 e. The summed E-state index contributed by atoms with van der Waals surface area (Å²) < 4.78 is 11.0. The van der Waals surface area contributed by atoms with E-state index >= 15 is 0 Å². The maximum Gasteiger partial charge on any atom is 0.341 e. The van der Waals surface area contributed by atoms with Gasteiger partial charge < -0.3 is 19.9 Å². The van der Waals surface area contributed by atoms with Gasteiger partial charge in [-0.25, -0.2) is 4.79 Å². The van der Waals surface area contributed by atoms with Crippen LogP contribution in [0.1, 0.15) is 31.4 Å². The Labute approximate surface area is 151 Å². The van der Waals surface area contributed by atoms with Crippen molar-refractivity contribution < 1.29 is 24.2 Å². The SMILES string of the molecule is CC(NC(=O)C1(Oc2ccccc2)CC1)c1ccc(OCC(=O)O)cc1. The van der Waals surface area contributed by atoms with Crippen LogP contribution in [0.25, 0.3) is 0 Å². The minimum absolute atomic E-state index is 0.125. The number of aliphatic carboxylic acids is 1. The topological polar surface area (TPSA) is 84.9 Å². The monoisotopic (exact) mass is 355 g/mol. The van der Waals surface area contributed by atoms with Crippen molar-refractivity contribution in [3.63, 3.8) is 0 Å². The van der Waals surface area contributed by atoms with E-state index < -0.39 is 11.6 Å². The molecular formula is C20H21NO5. The molecule has 1 unspecified atom stereocenters. The molecule has 26 heavy (non-hydrogen) atoms. The molecule has 2 N–H and O–H groups in total. The van der Waals surface area contributed by atoms with Crippen molar-refractivity contribution in [3.05, 3.63) is 60.2 Å². The molecule has 2 aromatic rings. The predicted octanol–water partition coefficient (Wildman–Crippen LogP) is 2.94. The van der Waals surface area contributed by atoms with Crippen molar-refractivity contribution in [3.8, 4) is 11.5 Å². The number of rotatable bonds is 8. The number of carbonyl (C=O) groups excluding carboxylic acids is 1. The van der Waals surface area contributed by atoms with Crippen molar-refractivity contribution in [1.82, 2.24) is 5.32 Å². The number of carboxylic acids is 1. The van der Waals surface area contributed by atoms with E-state index in [4.69, 9.17) is 14.6 Å². The van der Waals surface area contributed by atoms with E-state index in [0.29, 0.717) is 24.3 Å². The van der Waals surface area contributed by atoms with E-state index in [1.165, 1.54) is 0 Å². The predicted molar refractivity (Wildman–Crippen MR) is 95.2 cm³/mol. The third-order valence-corrected chi connectivity index (χ3v) is 4.26. The van der Waals surface area contributed by atoms with Gasteiger partial charge in [-0.1, -0.05) is 30.3 Å². The fourth-order valence-electron chi connectivity index (χ4n) is 2.61. The van der Waals surface area contributed by atoms with Gasteiger partial charge in [0.2, 0.25) is 0 Å². The molecule has 2 aromatic carbocycles. The molecule has 0 aromatic heterocycles. The molecule has 136 valence electrons. The van der Waals surface area contributed by atoms with Crippen LogP contribution in [0.4, 0.5) is 0 Å². The summed E-state index contributed by atoms with van der Waals surface area (Å²) in [5.74, 6) is 0.0106. The van der Waals surface area contributed by atoms with Gasteiger partial charge in [0.1, 0.15) is 11.5 Å². The molecule has 0 aliphatic heterocycles. The highest BCUT2D eigenvalue weighted by Gasteiger charge is 2.53. The van der Waals surface area contributed by atoms with Crippen LogP contribution in [0.3, 0.4) is 0 Å². The average molecular weight is 355 g/mol. The first kappa shape index (κ1) is 17.8. The highest BCUT2D eigenvalue weighted by molar-refractivity contribution is 5.88. The lowest BCUT2D eigenvalue weighted by Crippen LogP contribution is -2.41. The summed E-state index contributed by atoms with van der Waals surface area (Å²) in [6, 6.07) is 16.1. The number of benzene rings is 2. The normalized spacial score (nSPS) is 15.6.